The van der Waals surface area contributed by atoms with E-state index in [0.717, 1.165) is 102 Å². The highest BCUT2D eigenvalue weighted by atomic mass is 31.2. The van der Waals surface area contributed by atoms with Crippen molar-refractivity contribution in [2.24, 2.45) is 11.8 Å². The number of aliphatic hydroxyl groups excluding tert-OH is 1. The van der Waals surface area contributed by atoms with E-state index < -0.39 is 97.5 Å². The van der Waals surface area contributed by atoms with Crippen LogP contribution in [0, 0.1) is 11.8 Å². The minimum Gasteiger partial charge on any atom is -0.462 e. The molecule has 0 aliphatic carbocycles. The highest BCUT2D eigenvalue weighted by Crippen LogP contribution is 2.45. The summed E-state index contributed by atoms with van der Waals surface area (Å²) >= 11 is 0. The fourth-order valence-corrected chi connectivity index (χ4v) is 14.6. The third-order valence-corrected chi connectivity index (χ3v) is 21.6. The quantitative estimate of drug-likeness (QED) is 0.0222. The first-order valence-electron chi connectivity index (χ1n) is 43.5. The second-order valence-corrected chi connectivity index (χ2v) is 34.1. The van der Waals surface area contributed by atoms with Crippen LogP contribution in [-0.4, -0.2) is 96.7 Å². The predicted octanol–water partition coefficient (Wildman–Crippen LogP) is 25.5. The van der Waals surface area contributed by atoms with Crippen molar-refractivity contribution in [3.05, 3.63) is 0 Å². The zero-order valence-electron chi connectivity index (χ0n) is 67.6. The van der Waals surface area contributed by atoms with E-state index in [1.807, 2.05) is 0 Å². The van der Waals surface area contributed by atoms with Crippen LogP contribution in [0.4, 0.5) is 0 Å². The Morgan fingerprint density at radius 1 is 0.262 bits per heavy atom. The number of phosphoric acid groups is 2. The number of hydrogen-bond acceptors (Lipinski definition) is 15. The summed E-state index contributed by atoms with van der Waals surface area (Å²) in [5.41, 5.74) is 0. The molecule has 0 saturated carbocycles. The van der Waals surface area contributed by atoms with Gasteiger partial charge in [-0.25, -0.2) is 9.13 Å². The van der Waals surface area contributed by atoms with Crippen molar-refractivity contribution in [2.75, 3.05) is 39.6 Å². The van der Waals surface area contributed by atoms with Crippen LogP contribution in [-0.2, 0) is 65.4 Å². The van der Waals surface area contributed by atoms with Gasteiger partial charge in [-0.2, -0.15) is 0 Å². The Bertz CT molecular complexity index is 1980. The van der Waals surface area contributed by atoms with Crippen molar-refractivity contribution < 1.29 is 80.2 Å². The first kappa shape index (κ1) is 101. The number of rotatable bonds is 83. The largest absolute Gasteiger partial charge is 0.472 e. The Morgan fingerprint density at radius 3 is 0.660 bits per heavy atom. The molecule has 0 heterocycles. The fourth-order valence-electron chi connectivity index (χ4n) is 13.1. The average molecular weight is 1510 g/mol. The third kappa shape index (κ3) is 78.0. The molecule has 0 rings (SSSR count). The molecular weight excluding hydrogens is 1340 g/mol. The molecule has 0 bridgehead atoms. The third-order valence-electron chi connectivity index (χ3n) is 19.7. The van der Waals surface area contributed by atoms with Crippen LogP contribution in [0.15, 0.2) is 0 Å². The van der Waals surface area contributed by atoms with Crippen molar-refractivity contribution in [2.45, 2.75) is 464 Å². The summed E-state index contributed by atoms with van der Waals surface area (Å²) in [5, 5.41) is 10.7. The van der Waals surface area contributed by atoms with Crippen LogP contribution < -0.4 is 0 Å². The van der Waals surface area contributed by atoms with Crippen molar-refractivity contribution >= 4 is 39.5 Å². The van der Waals surface area contributed by atoms with Gasteiger partial charge >= 0.3 is 39.5 Å². The van der Waals surface area contributed by atoms with Crippen LogP contribution in [0.2, 0.25) is 0 Å². The van der Waals surface area contributed by atoms with E-state index in [1.54, 1.807) is 0 Å². The van der Waals surface area contributed by atoms with Crippen molar-refractivity contribution in [3.8, 4) is 0 Å². The van der Waals surface area contributed by atoms with E-state index in [1.165, 1.54) is 263 Å². The lowest BCUT2D eigenvalue weighted by atomic mass is 10.0. The second kappa shape index (κ2) is 75.5. The van der Waals surface area contributed by atoms with Crippen LogP contribution in [0.25, 0.3) is 0 Å². The van der Waals surface area contributed by atoms with Crippen molar-refractivity contribution in [3.63, 3.8) is 0 Å². The van der Waals surface area contributed by atoms with Gasteiger partial charge in [-0.05, 0) is 37.5 Å². The van der Waals surface area contributed by atoms with Gasteiger partial charge in [-0.15, -0.1) is 0 Å². The first-order valence-corrected chi connectivity index (χ1v) is 46.5. The highest BCUT2D eigenvalue weighted by molar-refractivity contribution is 7.47. The van der Waals surface area contributed by atoms with Crippen LogP contribution in [0.1, 0.15) is 446 Å². The van der Waals surface area contributed by atoms with E-state index >= 15 is 0 Å². The molecule has 0 saturated heterocycles. The molecule has 17 nitrogen and oxygen atoms in total. The van der Waals surface area contributed by atoms with E-state index in [2.05, 4.69) is 41.5 Å². The van der Waals surface area contributed by atoms with Crippen molar-refractivity contribution in [1.29, 1.82) is 0 Å². The summed E-state index contributed by atoms with van der Waals surface area (Å²) in [4.78, 5) is 73.2. The van der Waals surface area contributed by atoms with Gasteiger partial charge < -0.3 is 33.8 Å². The summed E-state index contributed by atoms with van der Waals surface area (Å²) < 4.78 is 68.9. The second-order valence-electron chi connectivity index (χ2n) is 31.2. The fraction of sp³-hybridized carbons (Fsp3) is 0.952. The number of carbonyl (C=O) groups is 4. The topological polar surface area (TPSA) is 237 Å². The van der Waals surface area contributed by atoms with Gasteiger partial charge in [0.05, 0.1) is 26.4 Å². The summed E-state index contributed by atoms with van der Waals surface area (Å²) in [6, 6.07) is 0. The van der Waals surface area contributed by atoms with Crippen LogP contribution in [0.5, 0.6) is 0 Å². The van der Waals surface area contributed by atoms with Crippen molar-refractivity contribution in [1.82, 2.24) is 0 Å². The molecule has 0 aromatic carbocycles. The van der Waals surface area contributed by atoms with Crippen LogP contribution >= 0.6 is 15.6 Å². The molecule has 3 N–H and O–H groups in total. The Morgan fingerprint density at radius 2 is 0.447 bits per heavy atom. The zero-order valence-corrected chi connectivity index (χ0v) is 69.4. The molecule has 0 aromatic heterocycles. The number of aliphatic hydroxyl groups is 1. The van der Waals surface area contributed by atoms with Gasteiger partial charge in [0.2, 0.25) is 0 Å². The van der Waals surface area contributed by atoms with Gasteiger partial charge in [0.1, 0.15) is 19.3 Å². The SMILES string of the molecule is CCCCCCCCCCCCCCCCCC(=O)O[C@H](COC(=O)CCCCCCCCCCCCCC)COP(=O)(O)OC[C@H](O)COP(=O)(O)OC[C@@H](COC(=O)CCCCCCCCCCCCCCCCC(C)C)OC(=O)CCCCCCCCCCCCCCCCCCC(C)C. The monoisotopic (exact) mass is 1510 g/mol. The molecule has 2 unspecified atom stereocenters. The van der Waals surface area contributed by atoms with Crippen LogP contribution in [0.3, 0.4) is 0 Å². The Kier molecular flexibility index (Phi) is 74.1. The minimum atomic E-state index is -4.96. The Labute approximate surface area is 632 Å². The van der Waals surface area contributed by atoms with E-state index in [9.17, 15) is 43.2 Å². The lowest BCUT2D eigenvalue weighted by molar-refractivity contribution is -0.161. The summed E-state index contributed by atoms with van der Waals surface area (Å²) in [7, 11) is -9.92. The molecule has 103 heavy (non-hydrogen) atoms. The Hall–Kier alpha value is -1.94. The number of phosphoric ester groups is 2. The molecule has 0 aliphatic rings. The Balaban J connectivity index is 5.26. The maximum atomic E-state index is 13.1. The first-order chi connectivity index (χ1) is 49.9. The molecule has 5 atom stereocenters. The number of unbranched alkanes of at least 4 members (excludes halogenated alkanes) is 53. The molecule has 0 aliphatic heterocycles. The summed E-state index contributed by atoms with van der Waals surface area (Å²) in [6.45, 7) is 9.72. The van der Waals surface area contributed by atoms with Gasteiger partial charge in [-0.1, -0.05) is 395 Å². The zero-order chi connectivity index (χ0) is 75.6. The van der Waals surface area contributed by atoms with Gasteiger partial charge in [0.25, 0.3) is 0 Å². The lowest BCUT2D eigenvalue weighted by Crippen LogP contribution is -2.30. The maximum Gasteiger partial charge on any atom is 0.472 e. The van der Waals surface area contributed by atoms with Gasteiger partial charge in [0.15, 0.2) is 12.2 Å². The number of esters is 4. The number of hydrogen-bond donors (Lipinski definition) is 3. The molecule has 0 fully saturated rings. The molecule has 0 radical (unpaired) electrons. The normalized spacial score (nSPS) is 13.9. The maximum absolute atomic E-state index is 13.1. The lowest BCUT2D eigenvalue weighted by Gasteiger charge is -2.21. The molecule has 0 amide bonds. The van der Waals surface area contributed by atoms with Gasteiger partial charge in [0, 0.05) is 25.7 Å². The van der Waals surface area contributed by atoms with Gasteiger partial charge in [-0.3, -0.25) is 37.3 Å². The summed E-state index contributed by atoms with van der Waals surface area (Å²) in [6.07, 6.45) is 66.4. The average Bonchev–Trinajstić information content (AvgIpc) is 0.915. The van der Waals surface area contributed by atoms with E-state index in [-0.39, 0.29) is 25.7 Å². The van der Waals surface area contributed by atoms with E-state index in [0.29, 0.717) is 25.7 Å². The standard InChI is InChI=1S/C84H164O17P2/c1-7-9-11-13-15-17-19-21-24-32-38-44-50-56-62-68-83(88)100-79(72-94-81(86)66-60-54-48-42-36-20-18-16-14-12-10-8-2)74-98-102(90,91)96-70-78(85)71-97-103(92,93)99-75-80(73-95-82(87)67-61-55-49-43-37-31-28-27-30-35-41-47-53-59-65-77(5)6)101-84(89)69-63-57-51-45-39-33-26-23-22-25-29-34-40-46-52-58-64-76(3)4/h76-80,85H,7-75H2,1-6H3,(H,90,91)(H,92,93)/t78-,79+,80+/m0/s1. The molecule has 19 heteroatoms. The number of carbonyl (C=O) groups excluding carboxylic acids is 4. The summed E-state index contributed by atoms with van der Waals surface area (Å²) in [5.74, 6) is -0.493. The molecule has 0 aromatic rings. The highest BCUT2D eigenvalue weighted by Gasteiger charge is 2.30. The molecule has 612 valence electrons. The minimum absolute atomic E-state index is 0.108. The predicted molar refractivity (Wildman–Crippen MR) is 423 cm³/mol. The molecule has 0 spiro atoms. The van der Waals surface area contributed by atoms with E-state index in [4.69, 9.17) is 37.0 Å². The molecular formula is C84H164O17P2. The smallest absolute Gasteiger partial charge is 0.462 e. The number of ether oxygens (including phenoxy) is 4.